The fourth-order valence-electron chi connectivity index (χ4n) is 4.48. The molecule has 29 heavy (non-hydrogen) atoms. The number of hydrogen-bond acceptors (Lipinski definition) is 6. The number of hydrogen-bond donors (Lipinski definition) is 1. The molecule has 150 valence electrons. The number of nitrogens with one attached hydrogen (secondary N) is 1. The first kappa shape index (κ1) is 18.2. The summed E-state index contributed by atoms with van der Waals surface area (Å²) >= 11 is 0. The van der Waals surface area contributed by atoms with Crippen molar-refractivity contribution in [3.63, 3.8) is 0 Å². The van der Waals surface area contributed by atoms with Gasteiger partial charge in [-0.05, 0) is 68.1 Å². The molecule has 0 bridgehead atoms. The number of piperidine rings is 1. The highest BCUT2D eigenvalue weighted by atomic mass is 16.4. The summed E-state index contributed by atoms with van der Waals surface area (Å²) in [4.78, 5) is 14.7. The van der Waals surface area contributed by atoms with Crippen LogP contribution in [-0.4, -0.2) is 40.1 Å². The van der Waals surface area contributed by atoms with E-state index >= 15 is 0 Å². The SMILES string of the molecule is C[C@H](Nc1nnc([C@H]2C[C@@H]2c2ccc(C#N)cc2)o1)C(=O)N1CCC2(CC1)CC2. The number of aromatic nitrogens is 2. The third kappa shape index (κ3) is 3.59. The molecule has 2 heterocycles. The molecule has 2 aliphatic carbocycles. The van der Waals surface area contributed by atoms with E-state index in [-0.39, 0.29) is 17.9 Å². The van der Waals surface area contributed by atoms with Crippen LogP contribution < -0.4 is 5.32 Å². The van der Waals surface area contributed by atoms with Gasteiger partial charge < -0.3 is 14.6 Å². The lowest BCUT2D eigenvalue weighted by molar-refractivity contribution is -0.133. The standard InChI is InChI=1S/C22H25N5O2/c1-14(20(28)27-10-8-22(6-7-22)9-11-27)24-21-26-25-19(29-21)18-12-17(18)16-4-2-15(13-23)3-5-16/h2-5,14,17-18H,6-12H2,1H3,(H,24,26)/t14-,17+,18-/m0/s1. The van der Waals surface area contributed by atoms with Crippen molar-refractivity contribution in [3.05, 3.63) is 41.3 Å². The molecule has 7 nitrogen and oxygen atoms in total. The van der Waals surface area contributed by atoms with Crippen molar-refractivity contribution in [3.8, 4) is 6.07 Å². The van der Waals surface area contributed by atoms with E-state index in [1.54, 1.807) is 0 Å². The average molecular weight is 391 g/mol. The second kappa shape index (κ2) is 6.87. The Bertz CT molecular complexity index is 946. The molecule has 3 aliphatic rings. The number of likely N-dealkylation sites (tertiary alicyclic amines) is 1. The van der Waals surface area contributed by atoms with Crippen LogP contribution in [0.4, 0.5) is 6.01 Å². The van der Waals surface area contributed by atoms with Crippen molar-refractivity contribution < 1.29 is 9.21 Å². The van der Waals surface area contributed by atoms with Gasteiger partial charge in [0.25, 0.3) is 0 Å². The normalized spacial score (nSPS) is 25.3. The van der Waals surface area contributed by atoms with Crippen molar-refractivity contribution in [2.24, 2.45) is 5.41 Å². The number of carbonyl (C=O) groups is 1. The zero-order valence-corrected chi connectivity index (χ0v) is 16.6. The van der Waals surface area contributed by atoms with Crippen LogP contribution >= 0.6 is 0 Å². The smallest absolute Gasteiger partial charge is 0.316 e. The van der Waals surface area contributed by atoms with Gasteiger partial charge in [-0.2, -0.15) is 5.26 Å². The molecule has 1 N–H and O–H groups in total. The highest BCUT2D eigenvalue weighted by Crippen LogP contribution is 2.54. The zero-order valence-electron chi connectivity index (χ0n) is 16.6. The third-order valence-electron chi connectivity index (χ3n) is 6.82. The molecule has 1 aromatic heterocycles. The topological polar surface area (TPSA) is 95.0 Å². The molecule has 3 fully saturated rings. The number of nitrogens with zero attached hydrogens (tertiary/aromatic N) is 4. The minimum absolute atomic E-state index is 0.0992. The van der Waals surface area contributed by atoms with E-state index in [0.717, 1.165) is 32.4 Å². The summed E-state index contributed by atoms with van der Waals surface area (Å²) in [6.07, 6.45) is 5.89. The highest BCUT2D eigenvalue weighted by molar-refractivity contribution is 5.83. The Labute approximate surface area is 170 Å². The van der Waals surface area contributed by atoms with Crippen LogP contribution in [0.1, 0.15) is 67.9 Å². The molecule has 1 aromatic carbocycles. The predicted octanol–water partition coefficient (Wildman–Crippen LogP) is 3.42. The maximum absolute atomic E-state index is 12.7. The van der Waals surface area contributed by atoms with Crippen LogP contribution in [0.15, 0.2) is 28.7 Å². The van der Waals surface area contributed by atoms with Crippen molar-refractivity contribution in [2.75, 3.05) is 18.4 Å². The average Bonchev–Trinajstić information content (AvgIpc) is 3.67. The lowest BCUT2D eigenvalue weighted by atomic mass is 9.93. The van der Waals surface area contributed by atoms with E-state index in [1.165, 1.54) is 18.4 Å². The van der Waals surface area contributed by atoms with Gasteiger partial charge in [0.15, 0.2) is 0 Å². The first-order valence-corrected chi connectivity index (χ1v) is 10.5. The molecular weight excluding hydrogens is 366 g/mol. The van der Waals surface area contributed by atoms with E-state index in [2.05, 4.69) is 21.6 Å². The number of amides is 1. The lowest BCUT2D eigenvalue weighted by Gasteiger charge is -2.33. The van der Waals surface area contributed by atoms with Gasteiger partial charge in [0.05, 0.1) is 11.6 Å². The van der Waals surface area contributed by atoms with Gasteiger partial charge in [0, 0.05) is 19.0 Å². The maximum atomic E-state index is 12.7. The van der Waals surface area contributed by atoms with Gasteiger partial charge in [-0.15, -0.1) is 5.10 Å². The quantitative estimate of drug-likeness (QED) is 0.839. The summed E-state index contributed by atoms with van der Waals surface area (Å²) in [7, 11) is 0. The summed E-state index contributed by atoms with van der Waals surface area (Å²) in [6, 6.07) is 9.72. The summed E-state index contributed by atoms with van der Waals surface area (Å²) in [5.74, 6) is 1.25. The van der Waals surface area contributed by atoms with Crippen LogP contribution in [0.3, 0.4) is 0 Å². The Morgan fingerprint density at radius 1 is 1.21 bits per heavy atom. The van der Waals surface area contributed by atoms with Crippen molar-refractivity contribution in [1.29, 1.82) is 5.26 Å². The molecule has 2 aromatic rings. The molecule has 1 amide bonds. The summed E-state index contributed by atoms with van der Waals surface area (Å²) in [5, 5.41) is 20.3. The Balaban J connectivity index is 1.16. The molecule has 5 rings (SSSR count). The summed E-state index contributed by atoms with van der Waals surface area (Å²) < 4.78 is 5.80. The molecule has 1 aliphatic heterocycles. The van der Waals surface area contributed by atoms with E-state index < -0.39 is 0 Å². The fourth-order valence-corrected chi connectivity index (χ4v) is 4.48. The molecule has 0 unspecified atom stereocenters. The van der Waals surface area contributed by atoms with Gasteiger partial charge in [-0.25, -0.2) is 0 Å². The number of benzene rings is 1. The summed E-state index contributed by atoms with van der Waals surface area (Å²) in [6.45, 7) is 3.56. The van der Waals surface area contributed by atoms with Gasteiger partial charge in [-0.3, -0.25) is 4.79 Å². The first-order chi connectivity index (χ1) is 14.1. The molecule has 0 radical (unpaired) electrons. The van der Waals surface area contributed by atoms with Crippen LogP contribution in [0.2, 0.25) is 0 Å². The largest absolute Gasteiger partial charge is 0.408 e. The monoisotopic (exact) mass is 391 g/mol. The Morgan fingerprint density at radius 3 is 2.59 bits per heavy atom. The van der Waals surface area contributed by atoms with Gasteiger partial charge in [-0.1, -0.05) is 17.2 Å². The van der Waals surface area contributed by atoms with Crippen LogP contribution in [-0.2, 0) is 4.79 Å². The Morgan fingerprint density at radius 2 is 1.93 bits per heavy atom. The number of anilines is 1. The maximum Gasteiger partial charge on any atom is 0.316 e. The second-order valence-electron chi connectivity index (χ2n) is 8.82. The predicted molar refractivity (Wildman–Crippen MR) is 106 cm³/mol. The molecule has 7 heteroatoms. The van der Waals surface area contributed by atoms with Crippen molar-refractivity contribution >= 4 is 11.9 Å². The van der Waals surface area contributed by atoms with Crippen molar-refractivity contribution in [2.45, 2.75) is 56.9 Å². The van der Waals surface area contributed by atoms with Crippen LogP contribution in [0.5, 0.6) is 0 Å². The van der Waals surface area contributed by atoms with Gasteiger partial charge >= 0.3 is 6.01 Å². The molecular formula is C22H25N5O2. The summed E-state index contributed by atoms with van der Waals surface area (Å²) in [5.41, 5.74) is 2.41. The number of nitriles is 1. The molecule has 2 saturated carbocycles. The first-order valence-electron chi connectivity index (χ1n) is 10.5. The highest BCUT2D eigenvalue weighted by Gasteiger charge is 2.46. The van der Waals surface area contributed by atoms with E-state index in [9.17, 15) is 4.79 Å². The fraction of sp³-hybridized carbons (Fsp3) is 0.545. The second-order valence-corrected chi connectivity index (χ2v) is 8.82. The van der Waals surface area contributed by atoms with E-state index in [0.29, 0.717) is 28.8 Å². The lowest BCUT2D eigenvalue weighted by Crippen LogP contribution is -2.45. The molecule has 3 atom stereocenters. The Hall–Kier alpha value is -2.88. The third-order valence-corrected chi connectivity index (χ3v) is 6.82. The number of carbonyl (C=O) groups excluding carboxylic acids is 1. The van der Waals surface area contributed by atoms with E-state index in [4.69, 9.17) is 9.68 Å². The number of rotatable bonds is 5. The molecule has 1 spiro atoms. The zero-order chi connectivity index (χ0) is 20.0. The molecule has 1 saturated heterocycles. The van der Waals surface area contributed by atoms with Crippen molar-refractivity contribution in [1.82, 2.24) is 15.1 Å². The van der Waals surface area contributed by atoms with Gasteiger partial charge in [0.2, 0.25) is 11.8 Å². The minimum atomic E-state index is -0.384. The van der Waals surface area contributed by atoms with Crippen LogP contribution in [0.25, 0.3) is 0 Å². The van der Waals surface area contributed by atoms with Gasteiger partial charge in [0.1, 0.15) is 6.04 Å². The Kier molecular flexibility index (Phi) is 4.30. The minimum Gasteiger partial charge on any atom is -0.408 e. The van der Waals surface area contributed by atoms with E-state index in [1.807, 2.05) is 36.1 Å². The van der Waals surface area contributed by atoms with Crippen LogP contribution in [0, 0.1) is 16.7 Å².